The van der Waals surface area contributed by atoms with Crippen molar-refractivity contribution in [2.24, 2.45) is 0 Å². The molecule has 0 aliphatic rings. The van der Waals surface area contributed by atoms with Gasteiger partial charge in [0.05, 0.1) is 6.42 Å². The lowest BCUT2D eigenvalue weighted by Crippen LogP contribution is -2.00. The number of hydrogen-bond donors (Lipinski definition) is 1. The van der Waals surface area contributed by atoms with Gasteiger partial charge in [0.2, 0.25) is 5.88 Å². The smallest absolute Gasteiger partial charge is 0.307 e. The molecule has 0 atom stereocenters. The molecule has 0 spiro atoms. The van der Waals surface area contributed by atoms with Crippen molar-refractivity contribution in [1.82, 2.24) is 9.97 Å². The van der Waals surface area contributed by atoms with Gasteiger partial charge in [-0.25, -0.2) is 9.97 Å². The summed E-state index contributed by atoms with van der Waals surface area (Å²) in [5, 5.41) is 8.72. The third-order valence-corrected chi connectivity index (χ3v) is 2.25. The molecular weight excluding hydrogens is 232 g/mol. The largest absolute Gasteiger partial charge is 0.481 e. The molecule has 5 nitrogen and oxygen atoms in total. The van der Waals surface area contributed by atoms with Crippen LogP contribution in [0, 0.1) is 6.92 Å². The fourth-order valence-corrected chi connectivity index (χ4v) is 1.50. The van der Waals surface area contributed by atoms with Crippen molar-refractivity contribution in [3.63, 3.8) is 0 Å². The first kappa shape index (κ1) is 12.0. The highest BCUT2D eigenvalue weighted by atomic mass is 16.5. The van der Waals surface area contributed by atoms with Gasteiger partial charge in [-0.3, -0.25) is 4.79 Å². The maximum absolute atomic E-state index is 10.6. The molecule has 0 aliphatic heterocycles. The van der Waals surface area contributed by atoms with E-state index in [1.807, 2.05) is 6.92 Å². The molecule has 0 radical (unpaired) electrons. The van der Waals surface area contributed by atoms with E-state index >= 15 is 0 Å². The van der Waals surface area contributed by atoms with Crippen LogP contribution in [0.5, 0.6) is 11.6 Å². The number of aryl methyl sites for hydroxylation is 1. The Hall–Kier alpha value is -2.43. The summed E-state index contributed by atoms with van der Waals surface area (Å²) >= 11 is 0. The van der Waals surface area contributed by atoms with Crippen LogP contribution in [0.2, 0.25) is 0 Å². The van der Waals surface area contributed by atoms with Gasteiger partial charge in [0.1, 0.15) is 12.1 Å². The fraction of sp³-hybridized carbons (Fsp3) is 0.154. The molecule has 1 N–H and O–H groups in total. The Bertz CT molecular complexity index is 570. The normalized spacial score (nSPS) is 10.1. The second-order valence-corrected chi connectivity index (χ2v) is 3.82. The van der Waals surface area contributed by atoms with Crippen molar-refractivity contribution in [3.05, 3.63) is 47.9 Å². The number of carbonyl (C=O) groups is 1. The summed E-state index contributed by atoms with van der Waals surface area (Å²) in [6.45, 7) is 1.84. The average Bonchev–Trinajstić information content (AvgIpc) is 2.28. The lowest BCUT2D eigenvalue weighted by molar-refractivity contribution is -0.136. The van der Waals surface area contributed by atoms with Crippen LogP contribution in [0.25, 0.3) is 0 Å². The Labute approximate surface area is 104 Å². The third kappa shape index (κ3) is 3.28. The molecule has 0 fully saturated rings. The number of nitrogens with zero attached hydrogens (tertiary/aromatic N) is 2. The Morgan fingerprint density at radius 1 is 1.33 bits per heavy atom. The molecule has 0 aliphatic carbocycles. The van der Waals surface area contributed by atoms with E-state index in [9.17, 15) is 4.79 Å². The van der Waals surface area contributed by atoms with Crippen LogP contribution >= 0.6 is 0 Å². The first-order chi connectivity index (χ1) is 8.63. The highest BCUT2D eigenvalue weighted by molar-refractivity contribution is 5.70. The summed E-state index contributed by atoms with van der Waals surface area (Å²) in [4.78, 5) is 18.6. The van der Waals surface area contributed by atoms with Crippen LogP contribution in [-0.4, -0.2) is 21.0 Å². The molecular formula is C13H12N2O3. The number of hydrogen-bond acceptors (Lipinski definition) is 4. The highest BCUT2D eigenvalue weighted by Gasteiger charge is 2.03. The van der Waals surface area contributed by atoms with Gasteiger partial charge < -0.3 is 9.84 Å². The Kier molecular flexibility index (Phi) is 3.52. The van der Waals surface area contributed by atoms with Crippen LogP contribution < -0.4 is 4.74 Å². The number of benzene rings is 1. The molecule has 18 heavy (non-hydrogen) atoms. The molecule has 1 aromatic carbocycles. The number of ether oxygens (including phenoxy) is 1. The van der Waals surface area contributed by atoms with Crippen molar-refractivity contribution in [2.75, 3.05) is 0 Å². The highest BCUT2D eigenvalue weighted by Crippen LogP contribution is 2.20. The van der Waals surface area contributed by atoms with Gasteiger partial charge in [-0.05, 0) is 24.6 Å². The predicted molar refractivity (Wildman–Crippen MR) is 64.6 cm³/mol. The first-order valence-electron chi connectivity index (χ1n) is 5.41. The lowest BCUT2D eigenvalue weighted by Gasteiger charge is -2.06. The van der Waals surface area contributed by atoms with E-state index < -0.39 is 5.97 Å². The summed E-state index contributed by atoms with van der Waals surface area (Å²) in [6, 6.07) is 8.64. The SMILES string of the molecule is Cc1cc(Oc2cccc(CC(=O)O)c2)ncn1. The molecule has 2 aromatic rings. The van der Waals surface area contributed by atoms with Crippen LogP contribution in [0.3, 0.4) is 0 Å². The monoisotopic (exact) mass is 244 g/mol. The summed E-state index contributed by atoms with van der Waals surface area (Å²) in [5.74, 6) is 0.131. The third-order valence-electron chi connectivity index (χ3n) is 2.25. The van der Waals surface area contributed by atoms with Gasteiger partial charge in [-0.15, -0.1) is 0 Å². The standard InChI is InChI=1S/C13H12N2O3/c1-9-5-12(15-8-14-9)18-11-4-2-3-10(6-11)7-13(16)17/h2-6,8H,7H2,1H3,(H,16,17). The van der Waals surface area contributed by atoms with Gasteiger partial charge in [0.15, 0.2) is 0 Å². The second-order valence-electron chi connectivity index (χ2n) is 3.82. The second kappa shape index (κ2) is 5.27. The summed E-state index contributed by atoms with van der Waals surface area (Å²) in [5.41, 5.74) is 1.49. The zero-order chi connectivity index (χ0) is 13.0. The average molecular weight is 244 g/mol. The topological polar surface area (TPSA) is 72.3 Å². The minimum atomic E-state index is -0.870. The summed E-state index contributed by atoms with van der Waals surface area (Å²) in [7, 11) is 0. The Balaban J connectivity index is 2.16. The van der Waals surface area contributed by atoms with Crippen molar-refractivity contribution >= 4 is 5.97 Å². The zero-order valence-corrected chi connectivity index (χ0v) is 9.83. The maximum atomic E-state index is 10.6. The van der Waals surface area contributed by atoms with E-state index in [4.69, 9.17) is 9.84 Å². The van der Waals surface area contributed by atoms with E-state index in [1.165, 1.54) is 6.33 Å². The van der Waals surface area contributed by atoms with E-state index in [0.29, 0.717) is 17.2 Å². The molecule has 0 unspecified atom stereocenters. The van der Waals surface area contributed by atoms with Gasteiger partial charge >= 0.3 is 5.97 Å². The zero-order valence-electron chi connectivity index (χ0n) is 9.83. The number of carboxylic acids is 1. The Morgan fingerprint density at radius 3 is 2.89 bits per heavy atom. The molecule has 5 heteroatoms. The van der Waals surface area contributed by atoms with Crippen molar-refractivity contribution in [2.45, 2.75) is 13.3 Å². The first-order valence-corrected chi connectivity index (χ1v) is 5.41. The van der Waals surface area contributed by atoms with Crippen molar-refractivity contribution < 1.29 is 14.6 Å². The lowest BCUT2D eigenvalue weighted by atomic mass is 10.1. The predicted octanol–water partition coefficient (Wildman–Crippen LogP) is 2.20. The molecule has 1 aromatic heterocycles. The molecule has 0 saturated carbocycles. The molecule has 1 heterocycles. The minimum Gasteiger partial charge on any atom is -0.481 e. The van der Waals surface area contributed by atoms with E-state index in [0.717, 1.165) is 5.69 Å². The molecule has 0 saturated heterocycles. The van der Waals surface area contributed by atoms with Crippen LogP contribution in [0.15, 0.2) is 36.7 Å². The number of carboxylic acid groups (broad SMARTS) is 1. The van der Waals surface area contributed by atoms with E-state index in [-0.39, 0.29) is 6.42 Å². The van der Waals surface area contributed by atoms with Gasteiger partial charge in [-0.2, -0.15) is 0 Å². The number of aliphatic carboxylic acids is 1. The van der Waals surface area contributed by atoms with Crippen LogP contribution in [-0.2, 0) is 11.2 Å². The van der Waals surface area contributed by atoms with Crippen molar-refractivity contribution in [3.8, 4) is 11.6 Å². The Morgan fingerprint density at radius 2 is 2.17 bits per heavy atom. The van der Waals surface area contributed by atoms with E-state index in [2.05, 4.69) is 9.97 Å². The molecule has 0 amide bonds. The van der Waals surface area contributed by atoms with Gasteiger partial charge in [-0.1, -0.05) is 12.1 Å². The van der Waals surface area contributed by atoms with Gasteiger partial charge in [0, 0.05) is 11.8 Å². The summed E-state index contributed by atoms with van der Waals surface area (Å²) < 4.78 is 5.54. The van der Waals surface area contributed by atoms with Crippen LogP contribution in [0.4, 0.5) is 0 Å². The molecule has 0 bridgehead atoms. The number of aromatic nitrogens is 2. The van der Waals surface area contributed by atoms with Crippen LogP contribution in [0.1, 0.15) is 11.3 Å². The fourth-order valence-electron chi connectivity index (χ4n) is 1.50. The van der Waals surface area contributed by atoms with Gasteiger partial charge in [0.25, 0.3) is 0 Å². The number of rotatable bonds is 4. The maximum Gasteiger partial charge on any atom is 0.307 e. The van der Waals surface area contributed by atoms with Crippen molar-refractivity contribution in [1.29, 1.82) is 0 Å². The summed E-state index contributed by atoms with van der Waals surface area (Å²) in [6.07, 6.45) is 1.39. The molecule has 92 valence electrons. The molecule has 2 rings (SSSR count). The quantitative estimate of drug-likeness (QED) is 0.892. The minimum absolute atomic E-state index is 0.0278. The van der Waals surface area contributed by atoms with E-state index in [1.54, 1.807) is 30.3 Å².